The molecule has 4 nitrogen and oxygen atoms in total. The highest BCUT2D eigenvalue weighted by Crippen LogP contribution is 2.23. The molecule has 0 aliphatic rings. The minimum Gasteiger partial charge on any atom is -0.465 e. The van der Waals surface area contributed by atoms with Crippen LogP contribution in [-0.2, 0) is 14.3 Å². The summed E-state index contributed by atoms with van der Waals surface area (Å²) in [5.74, 6) is -0.595. The number of aryl methyl sites for hydroxylation is 1. The SMILES string of the molecule is CCOC(=O)C(C)(C)C(=O)CN(CC)c1ccccc1C. The van der Waals surface area contributed by atoms with Gasteiger partial charge in [-0.3, -0.25) is 9.59 Å². The Morgan fingerprint density at radius 1 is 1.19 bits per heavy atom. The smallest absolute Gasteiger partial charge is 0.319 e. The van der Waals surface area contributed by atoms with Crippen LogP contribution in [0, 0.1) is 12.3 Å². The van der Waals surface area contributed by atoms with Crippen molar-refractivity contribution in [3.8, 4) is 0 Å². The van der Waals surface area contributed by atoms with Crippen LogP contribution in [0.2, 0.25) is 0 Å². The van der Waals surface area contributed by atoms with Crippen molar-refractivity contribution < 1.29 is 14.3 Å². The maximum Gasteiger partial charge on any atom is 0.319 e. The minimum absolute atomic E-state index is 0.133. The molecule has 116 valence electrons. The quantitative estimate of drug-likeness (QED) is 0.572. The molecule has 0 amide bonds. The van der Waals surface area contributed by atoms with E-state index in [0.717, 1.165) is 11.3 Å². The molecule has 0 radical (unpaired) electrons. The summed E-state index contributed by atoms with van der Waals surface area (Å²) >= 11 is 0. The Bertz CT molecular complexity index is 509. The van der Waals surface area contributed by atoms with Gasteiger partial charge in [-0.25, -0.2) is 0 Å². The van der Waals surface area contributed by atoms with Gasteiger partial charge in [0.15, 0.2) is 5.78 Å². The summed E-state index contributed by atoms with van der Waals surface area (Å²) in [7, 11) is 0. The second-order valence-corrected chi connectivity index (χ2v) is 5.57. The first kappa shape index (κ1) is 17.2. The van der Waals surface area contributed by atoms with Crippen LogP contribution in [0.1, 0.15) is 33.3 Å². The molecule has 0 saturated carbocycles. The van der Waals surface area contributed by atoms with Crippen molar-refractivity contribution in [2.45, 2.75) is 34.6 Å². The molecule has 0 atom stereocenters. The van der Waals surface area contributed by atoms with Gasteiger partial charge in [0.2, 0.25) is 0 Å². The maximum atomic E-state index is 12.5. The van der Waals surface area contributed by atoms with E-state index in [9.17, 15) is 9.59 Å². The second-order valence-electron chi connectivity index (χ2n) is 5.57. The lowest BCUT2D eigenvalue weighted by molar-refractivity contribution is -0.157. The number of anilines is 1. The Morgan fingerprint density at radius 3 is 2.33 bits per heavy atom. The molecule has 1 aromatic carbocycles. The van der Waals surface area contributed by atoms with E-state index in [2.05, 4.69) is 0 Å². The summed E-state index contributed by atoms with van der Waals surface area (Å²) < 4.78 is 4.99. The predicted molar refractivity (Wildman–Crippen MR) is 84.5 cm³/mol. The molecule has 0 bridgehead atoms. The number of carbonyl (C=O) groups is 2. The number of likely N-dealkylation sites (N-methyl/N-ethyl adjacent to an activating group) is 1. The monoisotopic (exact) mass is 291 g/mol. The van der Waals surface area contributed by atoms with Crippen LogP contribution in [0.25, 0.3) is 0 Å². The van der Waals surface area contributed by atoms with E-state index in [1.165, 1.54) is 0 Å². The van der Waals surface area contributed by atoms with Gasteiger partial charge in [0.05, 0.1) is 13.2 Å². The number of carbonyl (C=O) groups excluding carboxylic acids is 2. The van der Waals surface area contributed by atoms with E-state index in [-0.39, 0.29) is 18.9 Å². The van der Waals surface area contributed by atoms with Crippen molar-refractivity contribution in [2.75, 3.05) is 24.6 Å². The number of rotatable bonds is 7. The van der Waals surface area contributed by atoms with E-state index < -0.39 is 11.4 Å². The van der Waals surface area contributed by atoms with Crippen LogP contribution in [0.4, 0.5) is 5.69 Å². The van der Waals surface area contributed by atoms with E-state index in [4.69, 9.17) is 4.74 Å². The summed E-state index contributed by atoms with van der Waals surface area (Å²) in [6.07, 6.45) is 0. The highest BCUT2D eigenvalue weighted by Gasteiger charge is 2.37. The number of hydrogen-bond donors (Lipinski definition) is 0. The van der Waals surface area contributed by atoms with Gasteiger partial charge in [-0.15, -0.1) is 0 Å². The third-order valence-corrected chi connectivity index (χ3v) is 3.66. The zero-order chi connectivity index (χ0) is 16.0. The zero-order valence-electron chi connectivity index (χ0n) is 13.6. The molecule has 0 aromatic heterocycles. The molecule has 1 rings (SSSR count). The van der Waals surface area contributed by atoms with Gasteiger partial charge in [-0.2, -0.15) is 0 Å². The molecule has 0 heterocycles. The van der Waals surface area contributed by atoms with Gasteiger partial charge in [0.1, 0.15) is 5.41 Å². The Hall–Kier alpha value is -1.84. The summed E-state index contributed by atoms with van der Waals surface area (Å²) in [6, 6.07) is 7.92. The molecular weight excluding hydrogens is 266 g/mol. The van der Waals surface area contributed by atoms with Crippen LogP contribution in [-0.4, -0.2) is 31.4 Å². The number of hydrogen-bond acceptors (Lipinski definition) is 4. The fourth-order valence-electron chi connectivity index (χ4n) is 2.08. The molecule has 0 aliphatic heterocycles. The lowest BCUT2D eigenvalue weighted by Gasteiger charge is -2.28. The summed E-state index contributed by atoms with van der Waals surface area (Å²) in [5.41, 5.74) is 1.01. The highest BCUT2D eigenvalue weighted by molar-refractivity contribution is 6.04. The molecule has 0 unspecified atom stereocenters. The van der Waals surface area contributed by atoms with Crippen molar-refractivity contribution >= 4 is 17.4 Å². The van der Waals surface area contributed by atoms with E-state index in [0.29, 0.717) is 6.54 Å². The number of benzene rings is 1. The van der Waals surface area contributed by atoms with Gasteiger partial charge in [0, 0.05) is 12.2 Å². The fraction of sp³-hybridized carbons (Fsp3) is 0.529. The van der Waals surface area contributed by atoms with Crippen molar-refractivity contribution in [1.82, 2.24) is 0 Å². The topological polar surface area (TPSA) is 46.6 Å². The Morgan fingerprint density at radius 2 is 1.81 bits per heavy atom. The zero-order valence-corrected chi connectivity index (χ0v) is 13.6. The summed E-state index contributed by atoms with van der Waals surface area (Å²) in [5, 5.41) is 0. The van der Waals surface area contributed by atoms with E-state index in [1.54, 1.807) is 20.8 Å². The predicted octanol–water partition coefficient (Wildman–Crippen LogP) is 2.98. The van der Waals surface area contributed by atoms with Gasteiger partial charge in [-0.05, 0) is 46.2 Å². The van der Waals surface area contributed by atoms with Crippen molar-refractivity contribution in [1.29, 1.82) is 0 Å². The maximum absolute atomic E-state index is 12.5. The average molecular weight is 291 g/mol. The van der Waals surface area contributed by atoms with Crippen LogP contribution >= 0.6 is 0 Å². The number of esters is 1. The van der Waals surface area contributed by atoms with E-state index in [1.807, 2.05) is 43.0 Å². The van der Waals surface area contributed by atoms with Gasteiger partial charge in [0.25, 0.3) is 0 Å². The second kappa shape index (κ2) is 7.25. The minimum atomic E-state index is -1.12. The number of nitrogens with zero attached hydrogens (tertiary/aromatic N) is 1. The Balaban J connectivity index is 2.89. The first-order valence-corrected chi connectivity index (χ1v) is 7.35. The molecule has 21 heavy (non-hydrogen) atoms. The normalized spacial score (nSPS) is 11.1. The molecule has 0 N–H and O–H groups in total. The fourth-order valence-corrected chi connectivity index (χ4v) is 2.08. The summed E-state index contributed by atoms with van der Waals surface area (Å²) in [6.45, 7) is 10.2. The van der Waals surface area contributed by atoms with E-state index >= 15 is 0 Å². The van der Waals surface area contributed by atoms with Crippen molar-refractivity contribution in [3.05, 3.63) is 29.8 Å². The van der Waals surface area contributed by atoms with Gasteiger partial charge < -0.3 is 9.64 Å². The number of para-hydroxylation sites is 1. The average Bonchev–Trinajstić information content (AvgIpc) is 2.45. The lowest BCUT2D eigenvalue weighted by Crippen LogP contribution is -2.42. The summed E-state index contributed by atoms with van der Waals surface area (Å²) in [4.78, 5) is 26.4. The van der Waals surface area contributed by atoms with Crippen molar-refractivity contribution in [2.24, 2.45) is 5.41 Å². The molecule has 0 fully saturated rings. The lowest BCUT2D eigenvalue weighted by atomic mass is 9.87. The molecular formula is C17H25NO3. The third-order valence-electron chi connectivity index (χ3n) is 3.66. The first-order valence-electron chi connectivity index (χ1n) is 7.35. The molecule has 4 heteroatoms. The van der Waals surface area contributed by atoms with Crippen LogP contribution in [0.5, 0.6) is 0 Å². The highest BCUT2D eigenvalue weighted by atomic mass is 16.5. The number of ketones is 1. The largest absolute Gasteiger partial charge is 0.465 e. The van der Waals surface area contributed by atoms with Crippen LogP contribution in [0.15, 0.2) is 24.3 Å². The third kappa shape index (κ3) is 4.06. The number of ether oxygens (including phenoxy) is 1. The Kier molecular flexibility index (Phi) is 5.94. The molecule has 0 spiro atoms. The van der Waals surface area contributed by atoms with Crippen molar-refractivity contribution in [3.63, 3.8) is 0 Å². The van der Waals surface area contributed by atoms with Gasteiger partial charge >= 0.3 is 5.97 Å². The molecule has 0 saturated heterocycles. The first-order chi connectivity index (χ1) is 9.84. The Labute approximate surface area is 127 Å². The standard InChI is InChI=1S/C17H25NO3/c1-6-18(14-11-9-8-10-13(14)3)12-15(19)17(4,5)16(20)21-7-2/h8-11H,6-7,12H2,1-5H3. The molecule has 1 aromatic rings. The van der Waals surface area contributed by atoms with Crippen LogP contribution < -0.4 is 4.90 Å². The molecule has 0 aliphatic carbocycles. The number of Topliss-reactive ketones (excluding diaryl/α,β-unsaturated/α-hetero) is 1. The van der Waals surface area contributed by atoms with Crippen LogP contribution in [0.3, 0.4) is 0 Å². The van der Waals surface area contributed by atoms with Gasteiger partial charge in [-0.1, -0.05) is 18.2 Å².